The van der Waals surface area contributed by atoms with Crippen LogP contribution >= 0.6 is 0 Å². The molecule has 3 heteroatoms. The van der Waals surface area contributed by atoms with Crippen molar-refractivity contribution in [3.05, 3.63) is 35.9 Å². The van der Waals surface area contributed by atoms with Crippen LogP contribution in [0.25, 0.3) is 0 Å². The molecule has 0 bridgehead atoms. The van der Waals surface area contributed by atoms with Crippen molar-refractivity contribution in [2.75, 3.05) is 20.3 Å². The molecule has 0 saturated heterocycles. The maximum absolute atomic E-state index is 5.58. The molecular formula is C13H19NO2. The third kappa shape index (κ3) is 3.28. The number of hydrogen-bond donors (Lipinski definition) is 1. The molecular weight excluding hydrogens is 202 g/mol. The van der Waals surface area contributed by atoms with Crippen LogP contribution in [0.2, 0.25) is 0 Å². The van der Waals surface area contributed by atoms with Gasteiger partial charge < -0.3 is 15.2 Å². The van der Waals surface area contributed by atoms with E-state index in [4.69, 9.17) is 15.2 Å². The third-order valence-electron chi connectivity index (χ3n) is 2.36. The molecule has 0 fully saturated rings. The van der Waals surface area contributed by atoms with Crippen LogP contribution in [0, 0.1) is 0 Å². The average Bonchev–Trinajstić information content (AvgIpc) is 2.35. The van der Waals surface area contributed by atoms with E-state index in [0.29, 0.717) is 13.2 Å². The summed E-state index contributed by atoms with van der Waals surface area (Å²) in [6.07, 6.45) is 0.978. The monoisotopic (exact) mass is 221 g/mol. The molecule has 1 aromatic rings. The minimum atomic E-state index is 0.429. The van der Waals surface area contributed by atoms with E-state index in [0.717, 1.165) is 23.5 Å². The molecule has 1 aromatic carbocycles. The van der Waals surface area contributed by atoms with Crippen molar-refractivity contribution in [3.63, 3.8) is 0 Å². The summed E-state index contributed by atoms with van der Waals surface area (Å²) in [5.74, 6) is 1.48. The van der Waals surface area contributed by atoms with Crippen molar-refractivity contribution in [1.82, 2.24) is 0 Å². The fraction of sp³-hybridized carbons (Fsp3) is 0.385. The van der Waals surface area contributed by atoms with E-state index in [2.05, 4.69) is 13.5 Å². The molecule has 0 radical (unpaired) electrons. The fourth-order valence-corrected chi connectivity index (χ4v) is 1.29. The lowest BCUT2D eigenvalue weighted by Crippen LogP contribution is -2.10. The summed E-state index contributed by atoms with van der Waals surface area (Å²) in [5, 5.41) is 0. The number of methoxy groups -OCH3 is 1. The summed E-state index contributed by atoms with van der Waals surface area (Å²) in [5.41, 5.74) is 7.53. The minimum Gasteiger partial charge on any atom is -0.493 e. The molecule has 1 rings (SSSR count). The van der Waals surface area contributed by atoms with Crippen LogP contribution in [-0.4, -0.2) is 20.3 Å². The Bertz CT molecular complexity index is 361. The van der Waals surface area contributed by atoms with Crippen LogP contribution in [-0.2, 0) is 6.42 Å². The number of ether oxygens (including phenoxy) is 2. The van der Waals surface area contributed by atoms with E-state index in [1.54, 1.807) is 7.11 Å². The van der Waals surface area contributed by atoms with Gasteiger partial charge in [-0.15, -0.1) is 0 Å². The Morgan fingerprint density at radius 1 is 1.38 bits per heavy atom. The molecule has 0 aliphatic carbocycles. The molecule has 0 unspecified atom stereocenters. The SMILES string of the molecule is C=C(CN)COc1ccc(CC)cc1OC. The number of nitrogens with two attached hydrogens (primary N) is 1. The van der Waals surface area contributed by atoms with Gasteiger partial charge in [-0.25, -0.2) is 0 Å². The van der Waals surface area contributed by atoms with E-state index in [1.807, 2.05) is 18.2 Å². The lowest BCUT2D eigenvalue weighted by molar-refractivity contribution is 0.318. The average molecular weight is 221 g/mol. The molecule has 0 aliphatic heterocycles. The first-order valence-corrected chi connectivity index (χ1v) is 5.37. The highest BCUT2D eigenvalue weighted by Crippen LogP contribution is 2.28. The second-order valence-corrected chi connectivity index (χ2v) is 3.58. The van der Waals surface area contributed by atoms with Gasteiger partial charge in [-0.05, 0) is 29.7 Å². The lowest BCUT2D eigenvalue weighted by atomic mass is 10.1. The number of rotatable bonds is 6. The predicted octanol–water partition coefficient (Wildman–Crippen LogP) is 2.15. The van der Waals surface area contributed by atoms with Crippen molar-refractivity contribution >= 4 is 0 Å². The summed E-state index contributed by atoms with van der Waals surface area (Å²) in [6, 6.07) is 5.94. The zero-order valence-electron chi connectivity index (χ0n) is 9.95. The van der Waals surface area contributed by atoms with Gasteiger partial charge in [-0.1, -0.05) is 19.6 Å². The molecule has 2 N–H and O–H groups in total. The second kappa shape index (κ2) is 6.18. The van der Waals surface area contributed by atoms with Crippen molar-refractivity contribution < 1.29 is 9.47 Å². The summed E-state index contributed by atoms with van der Waals surface area (Å²) in [4.78, 5) is 0. The molecule has 3 nitrogen and oxygen atoms in total. The Kier molecular flexibility index (Phi) is 4.86. The zero-order chi connectivity index (χ0) is 12.0. The first-order chi connectivity index (χ1) is 7.71. The second-order valence-electron chi connectivity index (χ2n) is 3.58. The highest BCUT2D eigenvalue weighted by Gasteiger charge is 2.05. The van der Waals surface area contributed by atoms with Gasteiger partial charge in [-0.2, -0.15) is 0 Å². The molecule has 0 amide bonds. The van der Waals surface area contributed by atoms with Crippen LogP contribution in [0.15, 0.2) is 30.4 Å². The first-order valence-electron chi connectivity index (χ1n) is 5.37. The largest absolute Gasteiger partial charge is 0.493 e. The van der Waals surface area contributed by atoms with Crippen molar-refractivity contribution in [3.8, 4) is 11.5 Å². The minimum absolute atomic E-state index is 0.429. The zero-order valence-corrected chi connectivity index (χ0v) is 9.95. The van der Waals surface area contributed by atoms with Crippen molar-refractivity contribution in [1.29, 1.82) is 0 Å². The van der Waals surface area contributed by atoms with Gasteiger partial charge in [0, 0.05) is 6.54 Å². The Hall–Kier alpha value is -1.48. The lowest BCUT2D eigenvalue weighted by Gasteiger charge is -2.12. The maximum atomic E-state index is 5.58. The van der Waals surface area contributed by atoms with E-state index < -0.39 is 0 Å². The highest BCUT2D eigenvalue weighted by molar-refractivity contribution is 5.43. The molecule has 0 saturated carbocycles. The quantitative estimate of drug-likeness (QED) is 0.749. The molecule has 0 heterocycles. The number of benzene rings is 1. The summed E-state index contributed by atoms with van der Waals surface area (Å²) in [7, 11) is 1.64. The van der Waals surface area contributed by atoms with E-state index >= 15 is 0 Å². The highest BCUT2D eigenvalue weighted by atomic mass is 16.5. The van der Waals surface area contributed by atoms with Gasteiger partial charge in [0.05, 0.1) is 7.11 Å². The molecule has 0 atom stereocenters. The van der Waals surface area contributed by atoms with Gasteiger partial charge in [0.25, 0.3) is 0 Å². The van der Waals surface area contributed by atoms with E-state index in [-0.39, 0.29) is 0 Å². The topological polar surface area (TPSA) is 44.5 Å². The van der Waals surface area contributed by atoms with Gasteiger partial charge in [0.15, 0.2) is 11.5 Å². The molecule has 16 heavy (non-hydrogen) atoms. The van der Waals surface area contributed by atoms with Crippen LogP contribution in [0.5, 0.6) is 11.5 Å². The summed E-state index contributed by atoms with van der Waals surface area (Å²) < 4.78 is 10.8. The molecule has 0 spiro atoms. The van der Waals surface area contributed by atoms with Crippen LogP contribution in [0.1, 0.15) is 12.5 Å². The van der Waals surface area contributed by atoms with Gasteiger partial charge >= 0.3 is 0 Å². The van der Waals surface area contributed by atoms with Crippen molar-refractivity contribution in [2.45, 2.75) is 13.3 Å². The molecule has 88 valence electrons. The molecule has 0 aromatic heterocycles. The predicted molar refractivity (Wildman–Crippen MR) is 66.1 cm³/mol. The van der Waals surface area contributed by atoms with Gasteiger partial charge in [-0.3, -0.25) is 0 Å². The van der Waals surface area contributed by atoms with E-state index in [1.165, 1.54) is 5.56 Å². The van der Waals surface area contributed by atoms with Gasteiger partial charge in [0.1, 0.15) is 6.61 Å². The molecule has 0 aliphatic rings. The first kappa shape index (κ1) is 12.6. The number of hydrogen-bond acceptors (Lipinski definition) is 3. The fourth-order valence-electron chi connectivity index (χ4n) is 1.29. The van der Waals surface area contributed by atoms with Crippen molar-refractivity contribution in [2.24, 2.45) is 5.73 Å². The normalized spacial score (nSPS) is 9.94. The van der Waals surface area contributed by atoms with Gasteiger partial charge in [0.2, 0.25) is 0 Å². The maximum Gasteiger partial charge on any atom is 0.161 e. The van der Waals surface area contributed by atoms with Crippen LogP contribution < -0.4 is 15.2 Å². The summed E-state index contributed by atoms with van der Waals surface area (Å²) in [6.45, 7) is 6.76. The Morgan fingerprint density at radius 3 is 2.69 bits per heavy atom. The Labute approximate surface area is 96.9 Å². The summed E-state index contributed by atoms with van der Waals surface area (Å²) >= 11 is 0. The smallest absolute Gasteiger partial charge is 0.161 e. The third-order valence-corrected chi connectivity index (χ3v) is 2.36. The standard InChI is InChI=1S/C13H19NO2/c1-4-11-5-6-12(13(7-11)15-3)16-9-10(2)8-14/h5-7H,2,4,8-9,14H2,1,3H3. The Balaban J connectivity index is 2.75. The van der Waals surface area contributed by atoms with Crippen LogP contribution in [0.4, 0.5) is 0 Å². The van der Waals surface area contributed by atoms with Crippen LogP contribution in [0.3, 0.4) is 0 Å². The Morgan fingerprint density at radius 2 is 2.12 bits per heavy atom. The van der Waals surface area contributed by atoms with E-state index in [9.17, 15) is 0 Å². The number of aryl methyl sites for hydroxylation is 1.